The molecule has 1 aliphatic rings. The molecule has 0 bridgehead atoms. The van der Waals surface area contributed by atoms with E-state index in [0.717, 1.165) is 28.7 Å². The summed E-state index contributed by atoms with van der Waals surface area (Å²) in [5.41, 5.74) is 8.14. The van der Waals surface area contributed by atoms with Crippen LogP contribution in [0.15, 0.2) is 18.2 Å². The molecule has 1 aliphatic heterocycles. The van der Waals surface area contributed by atoms with E-state index in [9.17, 15) is 0 Å². The van der Waals surface area contributed by atoms with E-state index in [0.29, 0.717) is 6.04 Å². The molecule has 2 N–H and O–H groups in total. The number of nitrogens with two attached hydrogens (primary N) is 1. The Balaban J connectivity index is 2.27. The Kier molecular flexibility index (Phi) is 4.18. The highest BCUT2D eigenvalue weighted by molar-refractivity contribution is 6.33. The first-order chi connectivity index (χ1) is 8.49. The van der Waals surface area contributed by atoms with Gasteiger partial charge in [-0.15, -0.1) is 0 Å². The summed E-state index contributed by atoms with van der Waals surface area (Å²) in [5.74, 6) is 0.741. The normalized spacial score (nSPS) is 26.2. The number of benzene rings is 1. The highest BCUT2D eigenvalue weighted by Crippen LogP contribution is 2.34. The van der Waals surface area contributed by atoms with Gasteiger partial charge in [-0.25, -0.2) is 0 Å². The van der Waals surface area contributed by atoms with Crippen molar-refractivity contribution in [3.8, 4) is 0 Å². The van der Waals surface area contributed by atoms with Crippen LogP contribution in [0.2, 0.25) is 5.02 Å². The average Bonchev–Trinajstić information content (AvgIpc) is 2.32. The lowest BCUT2D eigenvalue weighted by molar-refractivity contribution is 0.390. The highest BCUT2D eigenvalue weighted by atomic mass is 35.5. The Hall–Kier alpha value is -0.730. The van der Waals surface area contributed by atoms with Gasteiger partial charge in [0.15, 0.2) is 0 Å². The molecular formula is C15H23ClN2. The average molecular weight is 267 g/mol. The van der Waals surface area contributed by atoms with E-state index in [2.05, 4.69) is 30.9 Å². The maximum absolute atomic E-state index is 6.42. The van der Waals surface area contributed by atoms with Crippen molar-refractivity contribution in [2.45, 2.75) is 45.7 Å². The molecule has 0 spiro atoms. The molecule has 0 amide bonds. The second kappa shape index (κ2) is 5.50. The van der Waals surface area contributed by atoms with Gasteiger partial charge in [0.2, 0.25) is 0 Å². The van der Waals surface area contributed by atoms with E-state index in [1.165, 1.54) is 12.8 Å². The molecule has 3 unspecified atom stereocenters. The molecular weight excluding hydrogens is 244 g/mol. The van der Waals surface area contributed by atoms with Crippen molar-refractivity contribution >= 4 is 17.3 Å². The summed E-state index contributed by atoms with van der Waals surface area (Å²) in [5, 5.41) is 0.825. The van der Waals surface area contributed by atoms with E-state index in [1.54, 1.807) is 0 Å². The molecule has 18 heavy (non-hydrogen) atoms. The predicted octanol–water partition coefficient (Wildman–Crippen LogP) is 3.98. The van der Waals surface area contributed by atoms with Gasteiger partial charge >= 0.3 is 0 Å². The fourth-order valence-corrected chi connectivity index (χ4v) is 2.96. The zero-order valence-corrected chi connectivity index (χ0v) is 12.2. The molecule has 0 aliphatic carbocycles. The van der Waals surface area contributed by atoms with Crippen molar-refractivity contribution in [3.05, 3.63) is 28.8 Å². The van der Waals surface area contributed by atoms with Crippen LogP contribution in [0.5, 0.6) is 0 Å². The van der Waals surface area contributed by atoms with Crippen LogP contribution in [0, 0.1) is 5.92 Å². The van der Waals surface area contributed by atoms with Crippen LogP contribution < -0.4 is 10.6 Å². The number of anilines is 1. The minimum absolute atomic E-state index is 0.0363. The lowest BCUT2D eigenvalue weighted by Crippen LogP contribution is -2.41. The molecule has 0 radical (unpaired) electrons. The monoisotopic (exact) mass is 266 g/mol. The summed E-state index contributed by atoms with van der Waals surface area (Å²) in [6.45, 7) is 7.67. The van der Waals surface area contributed by atoms with Crippen LogP contribution in [0.1, 0.15) is 45.2 Å². The van der Waals surface area contributed by atoms with Gasteiger partial charge < -0.3 is 10.6 Å². The lowest BCUT2D eigenvalue weighted by Gasteiger charge is -2.39. The van der Waals surface area contributed by atoms with Crippen LogP contribution >= 0.6 is 11.6 Å². The molecule has 3 atom stereocenters. The lowest BCUT2D eigenvalue weighted by atomic mass is 9.94. The number of rotatable bonds is 2. The molecule has 3 heteroatoms. The maximum atomic E-state index is 6.42. The number of piperidine rings is 1. The molecule has 1 aromatic rings. The Morgan fingerprint density at radius 1 is 1.33 bits per heavy atom. The molecule has 1 heterocycles. The van der Waals surface area contributed by atoms with Gasteiger partial charge in [0.25, 0.3) is 0 Å². The fraction of sp³-hybridized carbons (Fsp3) is 0.600. The van der Waals surface area contributed by atoms with Crippen molar-refractivity contribution < 1.29 is 0 Å². The second-order valence-electron chi connectivity index (χ2n) is 5.68. The zero-order valence-electron chi connectivity index (χ0n) is 11.5. The van der Waals surface area contributed by atoms with Gasteiger partial charge in [0.1, 0.15) is 0 Å². The van der Waals surface area contributed by atoms with Gasteiger partial charge in [-0.2, -0.15) is 0 Å². The minimum Gasteiger partial charge on any atom is -0.367 e. The third-order valence-electron chi connectivity index (χ3n) is 3.92. The third-order valence-corrected chi connectivity index (χ3v) is 4.23. The maximum Gasteiger partial charge on any atom is 0.0642 e. The molecule has 2 rings (SSSR count). The summed E-state index contributed by atoms with van der Waals surface area (Å²) < 4.78 is 0. The van der Waals surface area contributed by atoms with Crippen molar-refractivity contribution in [2.24, 2.45) is 11.7 Å². The van der Waals surface area contributed by atoms with Crippen molar-refractivity contribution in [2.75, 3.05) is 11.4 Å². The number of hydrogen-bond donors (Lipinski definition) is 1. The van der Waals surface area contributed by atoms with Crippen LogP contribution in [0.25, 0.3) is 0 Å². The van der Waals surface area contributed by atoms with Gasteiger partial charge in [0, 0.05) is 18.6 Å². The number of nitrogens with zero attached hydrogens (tertiary/aromatic N) is 1. The summed E-state index contributed by atoms with van der Waals surface area (Å²) in [4.78, 5) is 2.43. The standard InChI is InChI=1S/C15H23ClN2/c1-10-4-5-11(2)18(9-10)15-7-6-13(12(3)17)8-14(15)16/h6-8,10-12H,4-5,9,17H2,1-3H3. The van der Waals surface area contributed by atoms with Crippen LogP contribution in [-0.4, -0.2) is 12.6 Å². The summed E-state index contributed by atoms with van der Waals surface area (Å²) >= 11 is 6.42. The topological polar surface area (TPSA) is 29.3 Å². The summed E-state index contributed by atoms with van der Waals surface area (Å²) in [6.07, 6.45) is 2.56. The second-order valence-corrected chi connectivity index (χ2v) is 6.09. The Morgan fingerprint density at radius 2 is 2.06 bits per heavy atom. The van der Waals surface area contributed by atoms with E-state index in [1.807, 2.05) is 13.0 Å². The molecule has 100 valence electrons. The van der Waals surface area contributed by atoms with Gasteiger partial charge in [-0.1, -0.05) is 24.6 Å². The highest BCUT2D eigenvalue weighted by Gasteiger charge is 2.24. The van der Waals surface area contributed by atoms with Crippen molar-refractivity contribution in [3.63, 3.8) is 0 Å². The Labute approximate surface area is 115 Å². The zero-order chi connectivity index (χ0) is 13.3. The predicted molar refractivity (Wildman–Crippen MR) is 79.3 cm³/mol. The minimum atomic E-state index is 0.0363. The number of halogens is 1. The van der Waals surface area contributed by atoms with Gasteiger partial charge in [0.05, 0.1) is 10.7 Å². The van der Waals surface area contributed by atoms with E-state index >= 15 is 0 Å². The SMILES string of the molecule is CC1CCC(C)N(c2ccc(C(C)N)cc2Cl)C1. The van der Waals surface area contributed by atoms with Gasteiger partial charge in [-0.05, 0) is 50.3 Å². The van der Waals surface area contributed by atoms with Gasteiger partial charge in [-0.3, -0.25) is 0 Å². The van der Waals surface area contributed by atoms with Crippen molar-refractivity contribution in [1.82, 2.24) is 0 Å². The molecule has 1 saturated heterocycles. The molecule has 0 aromatic heterocycles. The Morgan fingerprint density at radius 3 is 2.67 bits per heavy atom. The van der Waals surface area contributed by atoms with Crippen LogP contribution in [0.3, 0.4) is 0 Å². The smallest absolute Gasteiger partial charge is 0.0642 e. The van der Waals surface area contributed by atoms with Crippen LogP contribution in [-0.2, 0) is 0 Å². The fourth-order valence-electron chi connectivity index (χ4n) is 2.66. The number of hydrogen-bond acceptors (Lipinski definition) is 2. The largest absolute Gasteiger partial charge is 0.367 e. The van der Waals surface area contributed by atoms with E-state index < -0.39 is 0 Å². The summed E-state index contributed by atoms with van der Waals surface area (Å²) in [7, 11) is 0. The molecule has 2 nitrogen and oxygen atoms in total. The van der Waals surface area contributed by atoms with E-state index in [4.69, 9.17) is 17.3 Å². The third kappa shape index (κ3) is 2.81. The first-order valence-corrected chi connectivity index (χ1v) is 7.18. The Bertz CT molecular complexity index is 417. The summed E-state index contributed by atoms with van der Waals surface area (Å²) in [6, 6.07) is 6.83. The van der Waals surface area contributed by atoms with Crippen molar-refractivity contribution in [1.29, 1.82) is 0 Å². The van der Waals surface area contributed by atoms with Crippen LogP contribution in [0.4, 0.5) is 5.69 Å². The molecule has 1 fully saturated rings. The first-order valence-electron chi connectivity index (χ1n) is 6.80. The molecule has 1 aromatic carbocycles. The first kappa shape index (κ1) is 13.7. The molecule has 0 saturated carbocycles. The van der Waals surface area contributed by atoms with E-state index in [-0.39, 0.29) is 6.04 Å². The quantitative estimate of drug-likeness (QED) is 0.877.